The van der Waals surface area contributed by atoms with Gasteiger partial charge in [-0.15, -0.1) is 21.5 Å². The molecule has 0 amide bonds. The van der Waals surface area contributed by atoms with Gasteiger partial charge in [0.25, 0.3) is 0 Å². The minimum Gasteiger partial charge on any atom is -0.481 e. The Morgan fingerprint density at radius 2 is 1.73 bits per heavy atom. The highest BCUT2D eigenvalue weighted by Gasteiger charge is 2.32. The van der Waals surface area contributed by atoms with E-state index in [9.17, 15) is 9.59 Å². The average Bonchev–Trinajstić information content (AvgIpc) is 3.54. The molecule has 0 saturated heterocycles. The Morgan fingerprint density at radius 3 is 2.46 bits per heavy atom. The lowest BCUT2D eigenvalue weighted by molar-refractivity contribution is -0.141. The lowest BCUT2D eigenvalue weighted by atomic mass is 9.98. The van der Waals surface area contributed by atoms with Crippen LogP contribution in [0.25, 0.3) is 5.00 Å². The van der Waals surface area contributed by atoms with Crippen molar-refractivity contribution < 1.29 is 28.9 Å². The molecule has 1 aliphatic heterocycles. The number of rotatable bonds is 13. The number of ether oxygens (including phenoxy) is 3. The van der Waals surface area contributed by atoms with E-state index in [1.807, 2.05) is 54.0 Å². The van der Waals surface area contributed by atoms with Crippen LogP contribution < -0.4 is 5.73 Å². The zero-order valence-corrected chi connectivity index (χ0v) is 28.4. The summed E-state index contributed by atoms with van der Waals surface area (Å²) in [7, 11) is 1.37. The van der Waals surface area contributed by atoms with Gasteiger partial charge in [-0.3, -0.25) is 19.1 Å². The number of anilines is 1. The number of aliphatic imine (C=N–C) groups is 1. The number of methoxy groups -OCH3 is 1. The van der Waals surface area contributed by atoms with E-state index in [4.69, 9.17) is 30.0 Å². The maximum Gasteiger partial charge on any atom is 0.308 e. The Kier molecular flexibility index (Phi) is 11.4. The summed E-state index contributed by atoms with van der Waals surface area (Å²) in [5.74, 6) is 6.36. The summed E-state index contributed by atoms with van der Waals surface area (Å²) in [4.78, 5) is 29.5. The van der Waals surface area contributed by atoms with Crippen molar-refractivity contribution in [3.8, 4) is 16.8 Å². The quantitative estimate of drug-likeness (QED) is 0.0874. The number of aliphatic carboxylic acids is 1. The third-order valence-corrected chi connectivity index (χ3v) is 9.19. The van der Waals surface area contributed by atoms with Crippen LogP contribution in [0.5, 0.6) is 0 Å². The van der Waals surface area contributed by atoms with Gasteiger partial charge >= 0.3 is 11.9 Å². The van der Waals surface area contributed by atoms with Crippen LogP contribution in [0.4, 0.5) is 5.69 Å². The molecule has 0 aliphatic carbocycles. The molecule has 250 valence electrons. The summed E-state index contributed by atoms with van der Waals surface area (Å²) in [6.07, 6.45) is 1.25. The number of aryl methyl sites for hydroxylation is 3. The number of benzene rings is 2. The van der Waals surface area contributed by atoms with Crippen molar-refractivity contribution in [1.29, 1.82) is 0 Å². The van der Waals surface area contributed by atoms with Gasteiger partial charge in [0.05, 0.1) is 39.1 Å². The van der Waals surface area contributed by atoms with E-state index in [2.05, 4.69) is 35.9 Å². The zero-order valence-electron chi connectivity index (χ0n) is 27.5. The maximum absolute atomic E-state index is 12.4. The molecule has 4 aromatic rings. The molecule has 11 nitrogen and oxygen atoms in total. The highest BCUT2D eigenvalue weighted by atomic mass is 32.1. The zero-order chi connectivity index (χ0) is 34.2. The number of nitrogens with two attached hydrogens (primary N) is 1. The Labute approximate surface area is 283 Å². The van der Waals surface area contributed by atoms with Gasteiger partial charge in [0.15, 0.2) is 5.82 Å². The van der Waals surface area contributed by atoms with Crippen molar-refractivity contribution in [3.63, 3.8) is 0 Å². The van der Waals surface area contributed by atoms with Crippen molar-refractivity contribution in [2.75, 3.05) is 39.3 Å². The molecule has 3 N–H and O–H groups in total. The molecule has 0 saturated carbocycles. The van der Waals surface area contributed by atoms with Gasteiger partial charge in [-0.2, -0.15) is 0 Å². The van der Waals surface area contributed by atoms with Crippen LogP contribution in [0.2, 0.25) is 0 Å². The first kappa shape index (κ1) is 34.5. The molecular weight excluding hydrogens is 630 g/mol. The van der Waals surface area contributed by atoms with E-state index in [0.717, 1.165) is 49.9 Å². The van der Waals surface area contributed by atoms with Gasteiger partial charge in [0, 0.05) is 33.7 Å². The molecule has 5 rings (SSSR count). The van der Waals surface area contributed by atoms with Crippen molar-refractivity contribution >= 4 is 34.7 Å². The van der Waals surface area contributed by atoms with Gasteiger partial charge in [0.2, 0.25) is 0 Å². The standard InChI is InChI=1S/C36H39N5O6S/c1-22-23(2)48-36-33(22)34(38-30(21-32(44)45-4)35-40-39-24(3)41(35)36)28-10-7-25(8-11-28)6-5-14-46-16-17-47-15-13-27-18-26(9-12-31(42)43)19-29(37)20-27/h7-8,10-11,18-20,30H,9,12-17,21,37H2,1-4H3,(H,42,43)/t30-/m0/s1. The van der Waals surface area contributed by atoms with Crippen LogP contribution in [-0.4, -0.2) is 71.1 Å². The summed E-state index contributed by atoms with van der Waals surface area (Å²) in [5, 5.41) is 18.6. The van der Waals surface area contributed by atoms with E-state index < -0.39 is 12.0 Å². The van der Waals surface area contributed by atoms with E-state index >= 15 is 0 Å². The van der Waals surface area contributed by atoms with Crippen molar-refractivity contribution in [2.24, 2.45) is 4.99 Å². The summed E-state index contributed by atoms with van der Waals surface area (Å²) in [6, 6.07) is 13.0. The van der Waals surface area contributed by atoms with E-state index in [-0.39, 0.29) is 25.4 Å². The number of carbonyl (C=O) groups is 2. The molecule has 0 radical (unpaired) electrons. The first-order valence-electron chi connectivity index (χ1n) is 15.7. The Morgan fingerprint density at radius 1 is 1.00 bits per heavy atom. The molecule has 0 spiro atoms. The Hall–Kier alpha value is -4.83. The Bertz CT molecular complexity index is 1880. The summed E-state index contributed by atoms with van der Waals surface area (Å²) in [5.41, 5.74) is 13.2. The van der Waals surface area contributed by atoms with Crippen molar-refractivity contribution in [3.05, 3.63) is 92.4 Å². The number of nitrogens with zero attached hydrogens (tertiary/aromatic N) is 4. The molecule has 0 unspecified atom stereocenters. The number of carboxylic acids is 1. The molecule has 12 heteroatoms. The molecule has 3 heterocycles. The normalized spacial score (nSPS) is 13.5. The van der Waals surface area contributed by atoms with Crippen LogP contribution >= 0.6 is 11.3 Å². The van der Waals surface area contributed by atoms with Gasteiger partial charge in [0.1, 0.15) is 23.5 Å². The average molecular weight is 670 g/mol. The van der Waals surface area contributed by atoms with E-state index in [0.29, 0.717) is 44.2 Å². The van der Waals surface area contributed by atoms with Gasteiger partial charge in [-0.1, -0.05) is 30.0 Å². The second-order valence-electron chi connectivity index (χ2n) is 11.4. The second kappa shape index (κ2) is 15.8. The number of thiophene rings is 1. The third kappa shape index (κ3) is 8.36. The summed E-state index contributed by atoms with van der Waals surface area (Å²) < 4.78 is 18.3. The predicted octanol–water partition coefficient (Wildman–Crippen LogP) is 4.94. The maximum atomic E-state index is 12.4. The van der Waals surface area contributed by atoms with Crippen LogP contribution in [-0.2, 0) is 36.6 Å². The topological polar surface area (TPSA) is 151 Å². The molecule has 0 bridgehead atoms. The van der Waals surface area contributed by atoms with Crippen molar-refractivity contribution in [1.82, 2.24) is 14.8 Å². The van der Waals surface area contributed by atoms with Crippen LogP contribution in [0, 0.1) is 32.6 Å². The number of hydrogen-bond acceptors (Lipinski definition) is 10. The summed E-state index contributed by atoms with van der Waals surface area (Å²) in [6.45, 7) is 7.70. The first-order chi connectivity index (χ1) is 23.1. The minimum absolute atomic E-state index is 0.0544. The first-order valence-corrected chi connectivity index (χ1v) is 16.5. The predicted molar refractivity (Wildman–Crippen MR) is 184 cm³/mol. The van der Waals surface area contributed by atoms with Crippen molar-refractivity contribution in [2.45, 2.75) is 52.5 Å². The van der Waals surface area contributed by atoms with Crippen LogP contribution in [0.15, 0.2) is 47.5 Å². The Balaban J connectivity index is 1.16. The fraction of sp³-hybridized carbons (Fsp3) is 0.361. The number of carboxylic acid groups (broad SMARTS) is 1. The monoisotopic (exact) mass is 669 g/mol. The third-order valence-electron chi connectivity index (χ3n) is 8.00. The van der Waals surface area contributed by atoms with Gasteiger partial charge in [-0.25, -0.2) is 0 Å². The molecule has 1 aliphatic rings. The van der Waals surface area contributed by atoms with E-state index in [1.54, 1.807) is 11.3 Å². The molecule has 2 aromatic heterocycles. The number of nitrogen functional groups attached to an aromatic ring is 1. The molecular formula is C36H39N5O6S. The smallest absolute Gasteiger partial charge is 0.308 e. The number of carbonyl (C=O) groups excluding carboxylic acids is 1. The molecule has 48 heavy (non-hydrogen) atoms. The number of aromatic nitrogens is 3. The lowest BCUT2D eigenvalue weighted by Gasteiger charge is -2.11. The van der Waals surface area contributed by atoms with E-state index in [1.165, 1.54) is 12.0 Å². The fourth-order valence-corrected chi connectivity index (χ4v) is 6.69. The lowest BCUT2D eigenvalue weighted by Crippen LogP contribution is -2.12. The molecule has 2 aromatic carbocycles. The summed E-state index contributed by atoms with van der Waals surface area (Å²) >= 11 is 1.66. The second-order valence-corrected chi connectivity index (χ2v) is 12.7. The SMILES string of the molecule is COC(=O)C[C@@H]1N=C(c2ccc(C#CCOCCOCCc3cc(N)cc(CCC(=O)O)c3)cc2)c2c(sc(C)c2C)-n2c(C)nnc21. The minimum atomic E-state index is -0.830. The molecule has 1 atom stereocenters. The van der Waals surface area contributed by atoms with Crippen LogP contribution in [0.3, 0.4) is 0 Å². The van der Waals surface area contributed by atoms with Gasteiger partial charge in [-0.05, 0) is 74.6 Å². The highest BCUT2D eigenvalue weighted by molar-refractivity contribution is 7.15. The highest BCUT2D eigenvalue weighted by Crippen LogP contribution is 2.39. The number of fused-ring (bicyclic) bond motifs is 3. The van der Waals surface area contributed by atoms with Crippen LogP contribution in [0.1, 0.15) is 68.8 Å². The number of hydrogen-bond donors (Lipinski definition) is 2. The van der Waals surface area contributed by atoms with Gasteiger partial charge < -0.3 is 25.1 Å². The number of esters is 1. The fourth-order valence-electron chi connectivity index (χ4n) is 5.48. The largest absolute Gasteiger partial charge is 0.481 e. The molecule has 0 fully saturated rings.